The molecule has 2 rings (SSSR count). The Morgan fingerprint density at radius 1 is 0.862 bits per heavy atom. The number of carbonyl (C=O) groups is 2. The molecule has 0 spiro atoms. The summed E-state index contributed by atoms with van der Waals surface area (Å²) in [6.45, 7) is 2.06. The van der Waals surface area contributed by atoms with Crippen molar-refractivity contribution in [2.75, 3.05) is 0 Å². The third-order valence-electron chi connectivity index (χ3n) is 3.49. The maximum atomic E-state index is 13.0. The van der Waals surface area contributed by atoms with E-state index in [0.717, 1.165) is 50.2 Å². The number of nitro groups is 2. The number of ether oxygens (including phenoxy) is 2. The molecule has 0 amide bonds. The quantitative estimate of drug-likeness (QED) is 0.204. The number of hydrogen-bond donors (Lipinski definition) is 1. The summed E-state index contributed by atoms with van der Waals surface area (Å²) in [6.07, 6.45) is 0. The topological polar surface area (TPSA) is 176 Å². The van der Waals surface area contributed by atoms with Crippen LogP contribution < -0.4 is 18.2 Å². The van der Waals surface area contributed by atoms with Crippen molar-refractivity contribution in [3.05, 3.63) is 56.6 Å². The van der Waals surface area contributed by atoms with Crippen LogP contribution in [0.2, 0.25) is 0 Å². The van der Waals surface area contributed by atoms with Gasteiger partial charge in [0.05, 0.1) is 0 Å². The summed E-state index contributed by atoms with van der Waals surface area (Å²) in [5, 5.41) is 22.4. The predicted octanol–water partition coefficient (Wildman–Crippen LogP) is 0.333. The fourth-order valence-corrected chi connectivity index (χ4v) is 5.34. The summed E-state index contributed by atoms with van der Waals surface area (Å²) in [5.41, 5.74) is -1.45. The van der Waals surface area contributed by atoms with Crippen molar-refractivity contribution in [1.29, 1.82) is 0 Å². The average Bonchev–Trinajstić information content (AvgIpc) is 2.60. The van der Waals surface area contributed by atoms with Gasteiger partial charge < -0.3 is 0 Å². The zero-order chi connectivity index (χ0) is 21.9. The minimum absolute atomic E-state index is 0.361. The molecule has 29 heavy (non-hydrogen) atoms. The molecule has 0 bridgehead atoms. The van der Waals surface area contributed by atoms with Gasteiger partial charge in [0.1, 0.15) is 0 Å². The molecule has 0 aromatic heterocycles. The molecule has 0 saturated heterocycles. The van der Waals surface area contributed by atoms with E-state index in [9.17, 15) is 37.7 Å². The molecular formula is C16H13AsN2O10. The van der Waals surface area contributed by atoms with Crippen molar-refractivity contribution in [1.82, 2.24) is 0 Å². The number of nitro benzene ring substituents is 2. The van der Waals surface area contributed by atoms with Gasteiger partial charge in [-0.25, -0.2) is 0 Å². The Morgan fingerprint density at radius 2 is 1.21 bits per heavy atom. The van der Waals surface area contributed by atoms with Gasteiger partial charge >= 0.3 is 165 Å². The second-order valence-corrected chi connectivity index (χ2v) is 10.2. The number of esters is 2. The molecule has 0 atom stereocenters. The third-order valence-corrected chi connectivity index (χ3v) is 7.59. The molecule has 0 radical (unpaired) electrons. The van der Waals surface area contributed by atoms with Gasteiger partial charge in [0.15, 0.2) is 0 Å². The van der Waals surface area contributed by atoms with Gasteiger partial charge in [-0.15, -0.1) is 0 Å². The molecule has 13 heteroatoms. The Labute approximate surface area is 165 Å². The summed E-state index contributed by atoms with van der Waals surface area (Å²) in [5.74, 6) is -2.49. The van der Waals surface area contributed by atoms with Gasteiger partial charge in [0.2, 0.25) is 0 Å². The fourth-order valence-electron chi connectivity index (χ4n) is 2.31. The molecule has 152 valence electrons. The summed E-state index contributed by atoms with van der Waals surface area (Å²) in [7, 11) is 0. The molecule has 0 aliphatic rings. The minimum atomic E-state index is -5.29. The molecule has 0 fully saturated rings. The molecule has 12 nitrogen and oxygen atoms in total. The van der Waals surface area contributed by atoms with Crippen LogP contribution in [0.1, 0.15) is 13.8 Å². The van der Waals surface area contributed by atoms with Gasteiger partial charge in [-0.1, -0.05) is 0 Å². The first-order valence-electron chi connectivity index (χ1n) is 7.71. The first kappa shape index (κ1) is 21.8. The normalized spacial score (nSPS) is 10.9. The molecule has 2 aromatic rings. The third kappa shape index (κ3) is 4.86. The van der Waals surface area contributed by atoms with Crippen LogP contribution in [0.15, 0.2) is 36.4 Å². The zero-order valence-corrected chi connectivity index (χ0v) is 16.8. The number of hydrogen-bond acceptors (Lipinski definition) is 9. The summed E-state index contributed by atoms with van der Waals surface area (Å²) in [6, 6.07) is 5.61. The van der Waals surface area contributed by atoms with Gasteiger partial charge in [0, 0.05) is 0 Å². The van der Waals surface area contributed by atoms with Crippen molar-refractivity contribution in [3.63, 3.8) is 0 Å². The summed E-state index contributed by atoms with van der Waals surface area (Å²) < 4.78 is 32.2. The Hall–Kier alpha value is -3.50. The molecular weight excluding hydrogens is 455 g/mol. The predicted molar refractivity (Wildman–Crippen MR) is 96.7 cm³/mol. The number of nitrogens with zero attached hydrogens (tertiary/aromatic N) is 2. The standard InChI is InChI=1S/C16H13AsN2O10/c1-9(20)28-15-5-3-11(7-13(15)18(24)25)17(22,23)12-4-6-16(29-10(2)21)14(8-12)19(26)27/h3-8H,1-2H3,(H,22,23). The van der Waals surface area contributed by atoms with E-state index in [1.165, 1.54) is 0 Å². The van der Waals surface area contributed by atoms with E-state index in [1.807, 2.05) is 0 Å². The van der Waals surface area contributed by atoms with Crippen molar-refractivity contribution in [3.8, 4) is 11.5 Å². The number of rotatable bonds is 6. The molecule has 0 heterocycles. The van der Waals surface area contributed by atoms with Crippen LogP contribution in [0.25, 0.3) is 0 Å². The van der Waals surface area contributed by atoms with Crippen LogP contribution in [0, 0.1) is 20.2 Å². The average molecular weight is 468 g/mol. The van der Waals surface area contributed by atoms with E-state index in [-0.39, 0.29) is 8.70 Å². The van der Waals surface area contributed by atoms with Gasteiger partial charge in [-0.05, 0) is 0 Å². The van der Waals surface area contributed by atoms with E-state index in [2.05, 4.69) is 0 Å². The monoisotopic (exact) mass is 468 g/mol. The van der Waals surface area contributed by atoms with Crippen LogP contribution in [-0.4, -0.2) is 39.7 Å². The van der Waals surface area contributed by atoms with E-state index in [4.69, 9.17) is 9.47 Å². The molecule has 1 N–H and O–H groups in total. The Balaban J connectivity index is 2.59. The summed E-state index contributed by atoms with van der Waals surface area (Å²) in [4.78, 5) is 42.8. The SMILES string of the molecule is CC(=O)Oc1ccc([As](=O)(O)c2ccc(OC(C)=O)c([N+](=O)[O-])c2)cc1[N+](=O)[O-]. The van der Waals surface area contributed by atoms with E-state index >= 15 is 0 Å². The van der Waals surface area contributed by atoms with E-state index in [0.29, 0.717) is 0 Å². The molecule has 0 unspecified atom stereocenters. The first-order chi connectivity index (χ1) is 13.4. The van der Waals surface area contributed by atoms with Gasteiger partial charge in [0.25, 0.3) is 0 Å². The molecule has 0 saturated carbocycles. The van der Waals surface area contributed by atoms with Gasteiger partial charge in [-0.2, -0.15) is 0 Å². The van der Waals surface area contributed by atoms with Crippen LogP contribution in [0.4, 0.5) is 11.4 Å². The van der Waals surface area contributed by atoms with Crippen LogP contribution in [-0.2, 0) is 13.3 Å². The van der Waals surface area contributed by atoms with Crippen molar-refractivity contribution in [2.24, 2.45) is 0 Å². The van der Waals surface area contributed by atoms with Crippen LogP contribution in [0.3, 0.4) is 0 Å². The molecule has 2 aromatic carbocycles. The second kappa shape index (κ2) is 8.25. The molecule has 0 aliphatic heterocycles. The maximum absolute atomic E-state index is 13.0. The zero-order valence-electron chi connectivity index (χ0n) is 14.9. The second-order valence-electron chi connectivity index (χ2n) is 5.58. The van der Waals surface area contributed by atoms with E-state index < -0.39 is 58.5 Å². The van der Waals surface area contributed by atoms with Crippen LogP contribution >= 0.6 is 0 Å². The Kier molecular flexibility index (Phi) is 6.20. The van der Waals surface area contributed by atoms with Gasteiger partial charge in [-0.3, -0.25) is 0 Å². The number of benzene rings is 2. The Bertz CT molecular complexity index is 1000. The van der Waals surface area contributed by atoms with Crippen molar-refractivity contribution in [2.45, 2.75) is 13.8 Å². The molecule has 0 aliphatic carbocycles. The summed E-state index contributed by atoms with van der Waals surface area (Å²) >= 11 is -5.29. The van der Waals surface area contributed by atoms with Crippen LogP contribution in [0.5, 0.6) is 11.5 Å². The Morgan fingerprint density at radius 3 is 1.48 bits per heavy atom. The van der Waals surface area contributed by atoms with Crippen molar-refractivity contribution >= 4 is 45.8 Å². The van der Waals surface area contributed by atoms with Crippen molar-refractivity contribution < 1.29 is 36.7 Å². The van der Waals surface area contributed by atoms with E-state index in [1.54, 1.807) is 0 Å². The number of carbonyl (C=O) groups excluding carboxylic acids is 2. The fraction of sp³-hybridized carbons (Fsp3) is 0.125. The first-order valence-corrected chi connectivity index (χ1v) is 11.2.